The molecule has 0 aliphatic carbocycles. The first-order chi connectivity index (χ1) is 13.7. The zero-order valence-corrected chi connectivity index (χ0v) is 16.7. The SMILES string of the molecule is COc1ccc(/C=C2\SC(=Nc3cc(C(F)(F)F)ccc3Cl)NC2=O)c(OC)c1. The Morgan fingerprint density at radius 3 is 2.55 bits per heavy atom. The lowest BCUT2D eigenvalue weighted by molar-refractivity contribution is -0.137. The van der Waals surface area contributed by atoms with Crippen LogP contribution in [0.15, 0.2) is 46.3 Å². The van der Waals surface area contributed by atoms with Crippen molar-refractivity contribution in [2.24, 2.45) is 4.99 Å². The zero-order chi connectivity index (χ0) is 21.2. The summed E-state index contributed by atoms with van der Waals surface area (Å²) in [5.74, 6) is 0.653. The van der Waals surface area contributed by atoms with Gasteiger partial charge in [0.2, 0.25) is 0 Å². The van der Waals surface area contributed by atoms with E-state index in [9.17, 15) is 18.0 Å². The molecule has 1 saturated heterocycles. The van der Waals surface area contributed by atoms with E-state index in [2.05, 4.69) is 10.3 Å². The highest BCUT2D eigenvalue weighted by molar-refractivity contribution is 8.18. The summed E-state index contributed by atoms with van der Waals surface area (Å²) < 4.78 is 49.2. The number of nitrogens with one attached hydrogen (secondary N) is 1. The van der Waals surface area contributed by atoms with E-state index in [1.54, 1.807) is 24.3 Å². The van der Waals surface area contributed by atoms with E-state index in [0.717, 1.165) is 30.0 Å². The van der Waals surface area contributed by atoms with Gasteiger partial charge in [-0.25, -0.2) is 4.99 Å². The number of nitrogens with zero attached hydrogens (tertiary/aromatic N) is 1. The van der Waals surface area contributed by atoms with E-state index < -0.39 is 17.6 Å². The van der Waals surface area contributed by atoms with E-state index in [0.29, 0.717) is 22.0 Å². The number of alkyl halides is 3. The largest absolute Gasteiger partial charge is 0.497 e. The topological polar surface area (TPSA) is 59.9 Å². The summed E-state index contributed by atoms with van der Waals surface area (Å²) >= 11 is 6.94. The van der Waals surface area contributed by atoms with Crippen molar-refractivity contribution in [2.75, 3.05) is 14.2 Å². The second-order valence-electron chi connectivity index (χ2n) is 5.75. The van der Waals surface area contributed by atoms with Gasteiger partial charge in [-0.05, 0) is 48.2 Å². The molecule has 0 bridgehead atoms. The van der Waals surface area contributed by atoms with Crippen LogP contribution < -0.4 is 14.8 Å². The molecule has 152 valence electrons. The fourth-order valence-corrected chi connectivity index (χ4v) is 3.43. The Labute approximate surface area is 173 Å². The molecule has 0 spiro atoms. The third-order valence-corrected chi connectivity index (χ3v) is 5.10. The Hall–Kier alpha value is -2.65. The number of halogens is 4. The third-order valence-electron chi connectivity index (χ3n) is 3.87. The molecule has 5 nitrogen and oxygen atoms in total. The first-order valence-corrected chi connectivity index (χ1v) is 9.29. The van der Waals surface area contributed by atoms with Crippen molar-refractivity contribution < 1.29 is 27.4 Å². The zero-order valence-electron chi connectivity index (χ0n) is 15.1. The molecule has 0 atom stereocenters. The number of amides is 1. The summed E-state index contributed by atoms with van der Waals surface area (Å²) in [6.45, 7) is 0. The number of thioether (sulfide) groups is 1. The molecule has 1 heterocycles. The predicted molar refractivity (Wildman–Crippen MR) is 107 cm³/mol. The van der Waals surface area contributed by atoms with Gasteiger partial charge in [0.05, 0.1) is 35.4 Å². The van der Waals surface area contributed by atoms with Crippen LogP contribution in [-0.4, -0.2) is 25.3 Å². The molecule has 1 fully saturated rings. The number of hydrogen-bond acceptors (Lipinski definition) is 5. The lowest BCUT2D eigenvalue weighted by Gasteiger charge is -2.08. The number of hydrogen-bond donors (Lipinski definition) is 1. The van der Waals surface area contributed by atoms with Crippen LogP contribution in [0.5, 0.6) is 11.5 Å². The van der Waals surface area contributed by atoms with E-state index >= 15 is 0 Å². The van der Waals surface area contributed by atoms with Crippen molar-refractivity contribution in [1.82, 2.24) is 5.32 Å². The Balaban J connectivity index is 1.90. The van der Waals surface area contributed by atoms with Crippen LogP contribution in [0.3, 0.4) is 0 Å². The van der Waals surface area contributed by atoms with Gasteiger partial charge in [0.1, 0.15) is 11.5 Å². The van der Waals surface area contributed by atoms with Gasteiger partial charge in [-0.2, -0.15) is 13.2 Å². The lowest BCUT2D eigenvalue weighted by Crippen LogP contribution is -2.19. The molecule has 2 aromatic rings. The van der Waals surface area contributed by atoms with Gasteiger partial charge in [-0.3, -0.25) is 4.79 Å². The number of methoxy groups -OCH3 is 2. The molecule has 1 aliphatic heterocycles. The Bertz CT molecular complexity index is 1020. The van der Waals surface area contributed by atoms with Crippen LogP contribution >= 0.6 is 23.4 Å². The second kappa shape index (κ2) is 8.38. The molecule has 0 aromatic heterocycles. The van der Waals surface area contributed by atoms with E-state index in [1.165, 1.54) is 14.2 Å². The van der Waals surface area contributed by atoms with Crippen LogP contribution in [0, 0.1) is 0 Å². The van der Waals surface area contributed by atoms with Crippen LogP contribution in [0.1, 0.15) is 11.1 Å². The summed E-state index contributed by atoms with van der Waals surface area (Å²) in [7, 11) is 3.01. The minimum Gasteiger partial charge on any atom is -0.497 e. The number of benzene rings is 2. The van der Waals surface area contributed by atoms with Gasteiger partial charge in [0.25, 0.3) is 5.91 Å². The van der Waals surface area contributed by atoms with E-state index in [4.69, 9.17) is 21.1 Å². The first-order valence-electron chi connectivity index (χ1n) is 8.09. The second-order valence-corrected chi connectivity index (χ2v) is 7.19. The Morgan fingerprint density at radius 1 is 1.14 bits per heavy atom. The van der Waals surface area contributed by atoms with Crippen molar-refractivity contribution >= 4 is 46.2 Å². The number of carbonyl (C=O) groups excluding carboxylic acids is 1. The van der Waals surface area contributed by atoms with Gasteiger partial charge in [0.15, 0.2) is 5.17 Å². The Morgan fingerprint density at radius 2 is 1.90 bits per heavy atom. The van der Waals surface area contributed by atoms with Gasteiger partial charge in [0, 0.05) is 11.6 Å². The minimum atomic E-state index is -4.53. The van der Waals surface area contributed by atoms with Crippen molar-refractivity contribution in [2.45, 2.75) is 6.18 Å². The summed E-state index contributed by atoms with van der Waals surface area (Å²) in [6, 6.07) is 7.91. The van der Waals surface area contributed by atoms with Crippen molar-refractivity contribution in [1.29, 1.82) is 0 Å². The standard InChI is InChI=1S/C19H14ClF3N2O3S/c1-27-12-5-3-10(15(9-12)28-2)7-16-17(26)25-18(29-16)24-14-8-11(19(21,22)23)4-6-13(14)20/h3-9H,1-2H3,(H,24,25,26)/b16-7-. The molecule has 1 amide bonds. The quantitative estimate of drug-likeness (QED) is 0.655. The average Bonchev–Trinajstić information content (AvgIpc) is 3.01. The summed E-state index contributed by atoms with van der Waals surface area (Å²) in [5.41, 5.74) is -0.342. The molecular weight excluding hydrogens is 429 g/mol. The van der Waals surface area contributed by atoms with Gasteiger partial charge in [-0.15, -0.1) is 0 Å². The number of aliphatic imine (C=N–C) groups is 1. The molecule has 2 aromatic carbocycles. The normalized spacial score (nSPS) is 17.0. The predicted octanol–water partition coefficient (Wildman–Crippen LogP) is 5.27. The summed E-state index contributed by atoms with van der Waals surface area (Å²) in [6.07, 6.45) is -2.93. The number of carbonyl (C=O) groups is 1. The highest BCUT2D eigenvalue weighted by atomic mass is 35.5. The molecule has 10 heteroatoms. The molecule has 1 aliphatic rings. The highest BCUT2D eigenvalue weighted by Crippen LogP contribution is 2.37. The minimum absolute atomic E-state index is 0.0367. The van der Waals surface area contributed by atoms with Gasteiger partial charge in [-0.1, -0.05) is 11.6 Å². The van der Waals surface area contributed by atoms with Crippen molar-refractivity contribution in [3.63, 3.8) is 0 Å². The fraction of sp³-hybridized carbons (Fsp3) is 0.158. The monoisotopic (exact) mass is 442 g/mol. The number of ether oxygens (including phenoxy) is 2. The third kappa shape index (κ3) is 4.86. The highest BCUT2D eigenvalue weighted by Gasteiger charge is 2.31. The van der Waals surface area contributed by atoms with Crippen LogP contribution in [0.4, 0.5) is 18.9 Å². The molecule has 3 rings (SSSR count). The molecule has 0 radical (unpaired) electrons. The molecule has 1 N–H and O–H groups in total. The van der Waals surface area contributed by atoms with Crippen LogP contribution in [-0.2, 0) is 11.0 Å². The van der Waals surface area contributed by atoms with E-state index in [-0.39, 0.29) is 15.9 Å². The van der Waals surface area contributed by atoms with Crippen molar-refractivity contribution in [3.8, 4) is 11.5 Å². The lowest BCUT2D eigenvalue weighted by atomic mass is 10.1. The maximum Gasteiger partial charge on any atom is 0.416 e. The maximum atomic E-state index is 12.9. The number of amidine groups is 1. The molecular formula is C19H14ClF3N2O3S. The van der Waals surface area contributed by atoms with E-state index in [1.807, 2.05) is 0 Å². The molecule has 29 heavy (non-hydrogen) atoms. The van der Waals surface area contributed by atoms with Crippen LogP contribution in [0.2, 0.25) is 5.02 Å². The average molecular weight is 443 g/mol. The van der Waals surface area contributed by atoms with Gasteiger partial charge >= 0.3 is 6.18 Å². The maximum absolute atomic E-state index is 12.9. The summed E-state index contributed by atoms with van der Waals surface area (Å²) in [4.78, 5) is 16.6. The smallest absolute Gasteiger partial charge is 0.416 e. The summed E-state index contributed by atoms with van der Waals surface area (Å²) in [5, 5.41) is 2.68. The first kappa shape index (κ1) is 21.1. The fourth-order valence-electron chi connectivity index (χ4n) is 2.44. The van der Waals surface area contributed by atoms with Crippen LogP contribution in [0.25, 0.3) is 6.08 Å². The molecule has 0 saturated carbocycles. The number of rotatable bonds is 4. The van der Waals surface area contributed by atoms with Gasteiger partial charge < -0.3 is 14.8 Å². The Kier molecular flexibility index (Phi) is 6.09. The molecule has 0 unspecified atom stereocenters. The van der Waals surface area contributed by atoms with Crippen molar-refractivity contribution in [3.05, 3.63) is 57.5 Å².